The number of ether oxygens (including phenoxy) is 1. The van der Waals surface area contributed by atoms with Crippen LogP contribution in [0.1, 0.15) is 37.2 Å². The zero-order valence-electron chi connectivity index (χ0n) is 10.4. The predicted molar refractivity (Wildman–Crippen MR) is 64.5 cm³/mol. The fourth-order valence-electron chi connectivity index (χ4n) is 2.45. The van der Waals surface area contributed by atoms with E-state index in [0.29, 0.717) is 13.2 Å². The van der Waals surface area contributed by atoms with Crippen molar-refractivity contribution >= 4 is 0 Å². The summed E-state index contributed by atoms with van der Waals surface area (Å²) in [4.78, 5) is 0. The number of rotatable bonds is 6. The monoisotopic (exact) mass is 239 g/mol. The molecule has 0 atom stereocenters. The van der Waals surface area contributed by atoms with Crippen LogP contribution in [0, 0.1) is 0 Å². The second-order valence-corrected chi connectivity index (χ2v) is 4.80. The van der Waals surface area contributed by atoms with Gasteiger partial charge in [0.05, 0.1) is 13.2 Å². The Bertz CT molecular complexity index is 342. The van der Waals surface area contributed by atoms with Crippen molar-refractivity contribution in [2.75, 3.05) is 13.7 Å². The number of hydrogen-bond donors (Lipinski definition) is 2. The molecule has 0 amide bonds. The molecule has 4 nitrogen and oxygen atoms in total. The number of furan rings is 1. The van der Waals surface area contributed by atoms with Gasteiger partial charge in [-0.25, -0.2) is 0 Å². The smallest absolute Gasteiger partial charge is 0.129 e. The normalized spacial score (nSPS) is 18.7. The molecule has 1 aliphatic carbocycles. The minimum atomic E-state index is -0.0891. The van der Waals surface area contributed by atoms with Crippen LogP contribution in [0.2, 0.25) is 0 Å². The number of aliphatic hydroxyl groups is 1. The topological polar surface area (TPSA) is 54.6 Å². The van der Waals surface area contributed by atoms with Crippen molar-refractivity contribution in [3.63, 3.8) is 0 Å². The molecule has 0 spiro atoms. The molecule has 4 heteroatoms. The third-order valence-electron chi connectivity index (χ3n) is 3.50. The molecule has 0 unspecified atom stereocenters. The van der Waals surface area contributed by atoms with Gasteiger partial charge in [-0.2, -0.15) is 0 Å². The van der Waals surface area contributed by atoms with Crippen LogP contribution in [0.4, 0.5) is 0 Å². The van der Waals surface area contributed by atoms with E-state index >= 15 is 0 Å². The standard InChI is InChI=1S/C13H21NO3/c1-16-9-12-5-4-11(17-12)8-14-13(10-15)6-2-3-7-13/h4-5,14-15H,2-3,6-10H2,1H3. The first-order chi connectivity index (χ1) is 8.28. The summed E-state index contributed by atoms with van der Waals surface area (Å²) >= 11 is 0. The summed E-state index contributed by atoms with van der Waals surface area (Å²) in [6.45, 7) is 1.38. The van der Waals surface area contributed by atoms with Crippen LogP contribution in [0.15, 0.2) is 16.5 Å². The highest BCUT2D eigenvalue weighted by atomic mass is 16.5. The number of methoxy groups -OCH3 is 1. The molecule has 2 N–H and O–H groups in total. The summed E-state index contributed by atoms with van der Waals surface area (Å²) in [6, 6.07) is 3.89. The summed E-state index contributed by atoms with van der Waals surface area (Å²) in [6.07, 6.45) is 4.49. The van der Waals surface area contributed by atoms with Gasteiger partial charge < -0.3 is 19.6 Å². The molecular weight excluding hydrogens is 218 g/mol. The molecule has 0 aliphatic heterocycles. The Morgan fingerprint density at radius 1 is 1.35 bits per heavy atom. The lowest BCUT2D eigenvalue weighted by Crippen LogP contribution is -2.45. The van der Waals surface area contributed by atoms with E-state index in [1.165, 1.54) is 12.8 Å². The summed E-state index contributed by atoms with van der Waals surface area (Å²) in [5, 5.41) is 12.9. The second kappa shape index (κ2) is 5.67. The molecule has 1 aromatic heterocycles. The van der Waals surface area contributed by atoms with E-state index in [4.69, 9.17) is 9.15 Å². The van der Waals surface area contributed by atoms with Gasteiger partial charge in [-0.3, -0.25) is 0 Å². The van der Waals surface area contributed by atoms with E-state index in [1.54, 1.807) is 7.11 Å². The zero-order valence-corrected chi connectivity index (χ0v) is 10.4. The van der Waals surface area contributed by atoms with E-state index in [-0.39, 0.29) is 12.1 Å². The highest BCUT2D eigenvalue weighted by molar-refractivity contribution is 5.07. The van der Waals surface area contributed by atoms with Crippen molar-refractivity contribution < 1.29 is 14.3 Å². The lowest BCUT2D eigenvalue weighted by molar-refractivity contribution is 0.153. The first kappa shape index (κ1) is 12.6. The van der Waals surface area contributed by atoms with Crippen LogP contribution in [-0.2, 0) is 17.9 Å². The first-order valence-electron chi connectivity index (χ1n) is 6.20. The highest BCUT2D eigenvalue weighted by Gasteiger charge is 2.32. The first-order valence-corrected chi connectivity index (χ1v) is 6.20. The molecule has 0 aromatic carbocycles. The van der Waals surface area contributed by atoms with Crippen LogP contribution >= 0.6 is 0 Å². The van der Waals surface area contributed by atoms with Gasteiger partial charge in [-0.15, -0.1) is 0 Å². The Hall–Kier alpha value is -0.840. The number of aliphatic hydroxyl groups excluding tert-OH is 1. The maximum Gasteiger partial charge on any atom is 0.129 e. The van der Waals surface area contributed by atoms with Gasteiger partial charge in [0.15, 0.2) is 0 Å². The molecule has 0 radical (unpaired) electrons. The SMILES string of the molecule is COCc1ccc(CNC2(CO)CCCC2)o1. The molecule has 96 valence electrons. The Morgan fingerprint density at radius 3 is 2.71 bits per heavy atom. The maximum atomic E-state index is 9.47. The Balaban J connectivity index is 1.87. The fraction of sp³-hybridized carbons (Fsp3) is 0.692. The Labute approximate surface area is 102 Å². The largest absolute Gasteiger partial charge is 0.462 e. The molecule has 1 heterocycles. The van der Waals surface area contributed by atoms with E-state index in [2.05, 4.69) is 5.32 Å². The van der Waals surface area contributed by atoms with E-state index in [1.807, 2.05) is 12.1 Å². The van der Waals surface area contributed by atoms with Crippen LogP contribution in [-0.4, -0.2) is 24.4 Å². The number of hydrogen-bond acceptors (Lipinski definition) is 4. The van der Waals surface area contributed by atoms with Gasteiger partial charge in [-0.05, 0) is 25.0 Å². The molecule has 1 fully saturated rings. The second-order valence-electron chi connectivity index (χ2n) is 4.80. The average molecular weight is 239 g/mol. The average Bonchev–Trinajstić information content (AvgIpc) is 2.96. The summed E-state index contributed by atoms with van der Waals surface area (Å²) < 4.78 is 10.6. The summed E-state index contributed by atoms with van der Waals surface area (Å²) in [5.74, 6) is 1.74. The molecule has 1 aromatic rings. The van der Waals surface area contributed by atoms with Gasteiger partial charge in [0.25, 0.3) is 0 Å². The molecule has 1 aliphatic rings. The van der Waals surface area contributed by atoms with Crippen molar-refractivity contribution in [2.24, 2.45) is 0 Å². The fourth-order valence-corrected chi connectivity index (χ4v) is 2.45. The van der Waals surface area contributed by atoms with E-state index in [9.17, 15) is 5.11 Å². The van der Waals surface area contributed by atoms with E-state index < -0.39 is 0 Å². The van der Waals surface area contributed by atoms with Crippen LogP contribution < -0.4 is 5.32 Å². The van der Waals surface area contributed by atoms with Crippen LogP contribution in [0.5, 0.6) is 0 Å². The van der Waals surface area contributed by atoms with Crippen molar-refractivity contribution in [1.29, 1.82) is 0 Å². The highest BCUT2D eigenvalue weighted by Crippen LogP contribution is 2.29. The third kappa shape index (κ3) is 3.09. The lowest BCUT2D eigenvalue weighted by Gasteiger charge is -2.27. The van der Waals surface area contributed by atoms with Crippen molar-refractivity contribution in [3.05, 3.63) is 23.7 Å². The third-order valence-corrected chi connectivity index (χ3v) is 3.50. The molecule has 1 saturated carbocycles. The predicted octanol–water partition coefficient (Wildman–Crippen LogP) is 1.82. The minimum Gasteiger partial charge on any atom is -0.462 e. The molecule has 17 heavy (non-hydrogen) atoms. The maximum absolute atomic E-state index is 9.47. The van der Waals surface area contributed by atoms with Crippen LogP contribution in [0.3, 0.4) is 0 Å². The molecule has 0 bridgehead atoms. The van der Waals surface area contributed by atoms with Crippen molar-refractivity contribution in [3.8, 4) is 0 Å². The summed E-state index contributed by atoms with van der Waals surface area (Å²) in [5.41, 5.74) is -0.0891. The lowest BCUT2D eigenvalue weighted by atomic mass is 9.99. The number of nitrogens with one attached hydrogen (secondary N) is 1. The molecular formula is C13H21NO3. The Kier molecular flexibility index (Phi) is 4.20. The van der Waals surface area contributed by atoms with Crippen molar-refractivity contribution in [1.82, 2.24) is 5.32 Å². The summed E-state index contributed by atoms with van der Waals surface area (Å²) in [7, 11) is 1.65. The van der Waals surface area contributed by atoms with Gasteiger partial charge in [0, 0.05) is 12.6 Å². The molecule has 2 rings (SSSR count). The van der Waals surface area contributed by atoms with E-state index in [0.717, 1.165) is 24.4 Å². The van der Waals surface area contributed by atoms with Crippen LogP contribution in [0.25, 0.3) is 0 Å². The van der Waals surface area contributed by atoms with Crippen molar-refractivity contribution in [2.45, 2.75) is 44.4 Å². The Morgan fingerprint density at radius 2 is 2.06 bits per heavy atom. The van der Waals surface area contributed by atoms with Gasteiger partial charge in [-0.1, -0.05) is 12.8 Å². The molecule has 0 saturated heterocycles. The zero-order chi connectivity index (χ0) is 12.1. The quantitative estimate of drug-likeness (QED) is 0.795. The minimum absolute atomic E-state index is 0.0891. The van der Waals surface area contributed by atoms with Gasteiger partial charge >= 0.3 is 0 Å². The van der Waals surface area contributed by atoms with Gasteiger partial charge in [0.2, 0.25) is 0 Å². The van der Waals surface area contributed by atoms with Gasteiger partial charge in [0.1, 0.15) is 18.1 Å².